The van der Waals surface area contributed by atoms with E-state index in [1.807, 2.05) is 13.0 Å². The molecule has 0 saturated heterocycles. The van der Waals surface area contributed by atoms with Crippen LogP contribution in [0, 0.1) is 13.8 Å². The molecule has 0 aliphatic rings. The maximum Gasteiger partial charge on any atom is 0.121 e. The summed E-state index contributed by atoms with van der Waals surface area (Å²) in [5, 5.41) is 10.1. The van der Waals surface area contributed by atoms with Gasteiger partial charge in [0.1, 0.15) is 5.75 Å². The van der Waals surface area contributed by atoms with Gasteiger partial charge in [-0.15, -0.1) is 0 Å². The Hall–Kier alpha value is -0.980. The van der Waals surface area contributed by atoms with Crippen LogP contribution in [0.5, 0.6) is 5.75 Å². The van der Waals surface area contributed by atoms with Gasteiger partial charge in [-0.25, -0.2) is 0 Å². The lowest BCUT2D eigenvalue weighted by Crippen LogP contribution is -1.97. The average molecular weight is 234 g/mol. The second-order valence-electron chi connectivity index (χ2n) is 5.27. The molecule has 1 aromatic rings. The average Bonchev–Trinajstić information content (AvgIpc) is 2.29. The predicted octanol–water partition coefficient (Wildman–Crippen LogP) is 5.08. The number of hydrogen-bond acceptors (Lipinski definition) is 1. The molecule has 96 valence electrons. The van der Waals surface area contributed by atoms with Crippen LogP contribution in [0.1, 0.15) is 68.6 Å². The molecule has 1 unspecified atom stereocenters. The van der Waals surface area contributed by atoms with Gasteiger partial charge in [-0.2, -0.15) is 0 Å². The Bertz CT molecular complexity index is 355. The van der Waals surface area contributed by atoms with Crippen LogP contribution in [0.2, 0.25) is 0 Å². The number of phenolic OH excluding ortho intramolecular Hbond substituents is 1. The summed E-state index contributed by atoms with van der Waals surface area (Å²) in [6.07, 6.45) is 6.36. The van der Waals surface area contributed by atoms with Crippen LogP contribution in [-0.4, -0.2) is 5.11 Å². The molecule has 1 heteroatoms. The van der Waals surface area contributed by atoms with Crippen molar-refractivity contribution in [3.8, 4) is 5.75 Å². The second-order valence-corrected chi connectivity index (χ2v) is 5.27. The number of aromatic hydroxyl groups is 1. The fourth-order valence-corrected chi connectivity index (χ4v) is 2.40. The minimum absolute atomic E-state index is 0.463. The SMILES string of the molecule is CCCCCCC(C)c1cc(C)cc(C)c1O. The van der Waals surface area contributed by atoms with E-state index in [1.54, 1.807) is 0 Å². The highest BCUT2D eigenvalue weighted by molar-refractivity contribution is 5.44. The highest BCUT2D eigenvalue weighted by atomic mass is 16.3. The Labute approximate surface area is 106 Å². The topological polar surface area (TPSA) is 20.2 Å². The molecular weight excluding hydrogens is 208 g/mol. The van der Waals surface area contributed by atoms with Crippen LogP contribution in [0.4, 0.5) is 0 Å². The molecular formula is C16H26O. The number of rotatable bonds is 6. The van der Waals surface area contributed by atoms with Crippen molar-refractivity contribution in [3.05, 3.63) is 28.8 Å². The van der Waals surface area contributed by atoms with Gasteiger partial charge in [0, 0.05) is 0 Å². The third kappa shape index (κ3) is 4.07. The smallest absolute Gasteiger partial charge is 0.121 e. The van der Waals surface area contributed by atoms with Crippen molar-refractivity contribution < 1.29 is 5.11 Å². The van der Waals surface area contributed by atoms with Gasteiger partial charge in [0.2, 0.25) is 0 Å². The zero-order valence-corrected chi connectivity index (χ0v) is 11.7. The van der Waals surface area contributed by atoms with E-state index in [-0.39, 0.29) is 0 Å². The minimum Gasteiger partial charge on any atom is -0.507 e. The standard InChI is InChI=1S/C16H26O/c1-5-6-7-8-9-13(3)15-11-12(2)10-14(4)16(15)17/h10-11,13,17H,5-9H2,1-4H3. The molecule has 0 saturated carbocycles. The predicted molar refractivity (Wildman–Crippen MR) is 74.8 cm³/mol. The first-order chi connectivity index (χ1) is 8.06. The van der Waals surface area contributed by atoms with Crippen molar-refractivity contribution in [1.29, 1.82) is 0 Å². The Morgan fingerprint density at radius 3 is 2.47 bits per heavy atom. The molecule has 0 aliphatic heterocycles. The molecule has 1 N–H and O–H groups in total. The van der Waals surface area contributed by atoms with E-state index in [0.29, 0.717) is 11.7 Å². The van der Waals surface area contributed by atoms with E-state index in [0.717, 1.165) is 11.1 Å². The van der Waals surface area contributed by atoms with Crippen LogP contribution in [0.3, 0.4) is 0 Å². The molecule has 0 aliphatic carbocycles. The van der Waals surface area contributed by atoms with E-state index in [2.05, 4.69) is 26.8 Å². The van der Waals surface area contributed by atoms with Gasteiger partial charge in [-0.3, -0.25) is 0 Å². The summed E-state index contributed by atoms with van der Waals surface area (Å²) in [7, 11) is 0. The highest BCUT2D eigenvalue weighted by Gasteiger charge is 2.12. The van der Waals surface area contributed by atoms with E-state index in [9.17, 15) is 5.11 Å². The lowest BCUT2D eigenvalue weighted by Gasteiger charge is -2.16. The first-order valence-electron chi connectivity index (χ1n) is 6.86. The molecule has 0 spiro atoms. The molecule has 0 amide bonds. The van der Waals surface area contributed by atoms with E-state index < -0.39 is 0 Å². The Morgan fingerprint density at radius 1 is 1.12 bits per heavy atom. The molecule has 1 nitrogen and oxygen atoms in total. The molecule has 0 radical (unpaired) electrons. The summed E-state index contributed by atoms with van der Waals surface area (Å²) in [6, 6.07) is 4.18. The van der Waals surface area contributed by atoms with Crippen LogP contribution in [0.15, 0.2) is 12.1 Å². The first-order valence-corrected chi connectivity index (χ1v) is 6.86. The van der Waals surface area contributed by atoms with Crippen molar-refractivity contribution in [2.45, 2.75) is 65.7 Å². The summed E-state index contributed by atoms with van der Waals surface area (Å²) < 4.78 is 0. The Kier molecular flexibility index (Phi) is 5.54. The van der Waals surface area contributed by atoms with Crippen LogP contribution < -0.4 is 0 Å². The normalized spacial score (nSPS) is 12.7. The van der Waals surface area contributed by atoms with Crippen molar-refractivity contribution >= 4 is 0 Å². The lowest BCUT2D eigenvalue weighted by molar-refractivity contribution is 0.453. The third-order valence-electron chi connectivity index (χ3n) is 3.50. The lowest BCUT2D eigenvalue weighted by atomic mass is 9.91. The van der Waals surface area contributed by atoms with E-state index in [1.165, 1.54) is 37.7 Å². The monoisotopic (exact) mass is 234 g/mol. The quantitative estimate of drug-likeness (QED) is 0.680. The molecule has 1 aromatic carbocycles. The van der Waals surface area contributed by atoms with Crippen LogP contribution in [0.25, 0.3) is 0 Å². The van der Waals surface area contributed by atoms with Crippen molar-refractivity contribution in [1.82, 2.24) is 0 Å². The van der Waals surface area contributed by atoms with E-state index >= 15 is 0 Å². The first kappa shape index (κ1) is 14.1. The highest BCUT2D eigenvalue weighted by Crippen LogP contribution is 2.32. The van der Waals surface area contributed by atoms with Gasteiger partial charge in [-0.1, -0.05) is 57.2 Å². The van der Waals surface area contributed by atoms with Crippen molar-refractivity contribution in [2.75, 3.05) is 0 Å². The fourth-order valence-electron chi connectivity index (χ4n) is 2.40. The molecule has 0 fully saturated rings. The molecule has 1 atom stereocenters. The number of unbranched alkanes of at least 4 members (excludes halogenated alkanes) is 3. The van der Waals surface area contributed by atoms with Gasteiger partial charge >= 0.3 is 0 Å². The van der Waals surface area contributed by atoms with Crippen LogP contribution in [-0.2, 0) is 0 Å². The van der Waals surface area contributed by atoms with Gasteiger partial charge in [0.25, 0.3) is 0 Å². The zero-order chi connectivity index (χ0) is 12.8. The zero-order valence-electron chi connectivity index (χ0n) is 11.7. The largest absolute Gasteiger partial charge is 0.507 e. The molecule has 17 heavy (non-hydrogen) atoms. The number of hydrogen-bond donors (Lipinski definition) is 1. The van der Waals surface area contributed by atoms with Gasteiger partial charge in [0.15, 0.2) is 0 Å². The minimum atomic E-state index is 0.463. The fraction of sp³-hybridized carbons (Fsp3) is 0.625. The maximum atomic E-state index is 10.1. The molecule has 1 rings (SSSR count). The Balaban J connectivity index is 2.65. The summed E-state index contributed by atoms with van der Waals surface area (Å²) in [4.78, 5) is 0. The molecule has 0 heterocycles. The summed E-state index contributed by atoms with van der Waals surface area (Å²) >= 11 is 0. The second kappa shape index (κ2) is 6.68. The molecule has 0 aromatic heterocycles. The van der Waals surface area contributed by atoms with E-state index in [4.69, 9.17) is 0 Å². The van der Waals surface area contributed by atoms with Crippen molar-refractivity contribution in [2.24, 2.45) is 0 Å². The number of aryl methyl sites for hydroxylation is 2. The van der Waals surface area contributed by atoms with Gasteiger partial charge in [-0.05, 0) is 37.3 Å². The third-order valence-corrected chi connectivity index (χ3v) is 3.50. The molecule has 0 bridgehead atoms. The summed E-state index contributed by atoms with van der Waals surface area (Å²) in [6.45, 7) is 8.54. The van der Waals surface area contributed by atoms with Crippen molar-refractivity contribution in [3.63, 3.8) is 0 Å². The summed E-state index contributed by atoms with van der Waals surface area (Å²) in [5.41, 5.74) is 3.37. The van der Waals surface area contributed by atoms with Gasteiger partial charge < -0.3 is 5.11 Å². The maximum absolute atomic E-state index is 10.1. The number of phenols is 1. The van der Waals surface area contributed by atoms with Gasteiger partial charge in [0.05, 0.1) is 0 Å². The Morgan fingerprint density at radius 2 is 1.82 bits per heavy atom. The number of benzene rings is 1. The summed E-state index contributed by atoms with van der Waals surface area (Å²) in [5.74, 6) is 0.962. The van der Waals surface area contributed by atoms with Crippen LogP contribution >= 0.6 is 0 Å².